The summed E-state index contributed by atoms with van der Waals surface area (Å²) in [6.07, 6.45) is 4.27. The van der Waals surface area contributed by atoms with Crippen LogP contribution in [0.25, 0.3) is 0 Å². The van der Waals surface area contributed by atoms with E-state index in [2.05, 4.69) is 22.5 Å². The minimum Gasteiger partial charge on any atom is -0.341 e. The molecule has 1 saturated heterocycles. The SMILES string of the molecule is CCCN1CCCCC1C(=O)CNC(=O)NC. The van der Waals surface area contributed by atoms with Crippen molar-refractivity contribution in [2.24, 2.45) is 0 Å². The fourth-order valence-corrected chi connectivity index (χ4v) is 2.28. The summed E-state index contributed by atoms with van der Waals surface area (Å²) >= 11 is 0. The first kappa shape index (κ1) is 14.0. The number of piperidine rings is 1. The number of nitrogens with one attached hydrogen (secondary N) is 2. The van der Waals surface area contributed by atoms with Crippen molar-refractivity contribution in [3.05, 3.63) is 0 Å². The largest absolute Gasteiger partial charge is 0.341 e. The Morgan fingerprint density at radius 2 is 2.12 bits per heavy atom. The standard InChI is InChI=1S/C12H23N3O2/c1-3-7-15-8-5-4-6-10(15)11(16)9-14-12(17)13-2/h10H,3-9H2,1-2H3,(H2,13,14,17). The maximum atomic E-state index is 12.0. The Bertz CT molecular complexity index is 266. The number of carbonyl (C=O) groups excluding carboxylic acids is 2. The third kappa shape index (κ3) is 4.34. The van der Waals surface area contributed by atoms with Gasteiger partial charge < -0.3 is 10.6 Å². The molecule has 1 fully saturated rings. The number of Topliss-reactive ketones (excluding diaryl/α,β-unsaturated/α-hetero) is 1. The van der Waals surface area contributed by atoms with Gasteiger partial charge in [0.2, 0.25) is 0 Å². The van der Waals surface area contributed by atoms with Gasteiger partial charge in [-0.25, -0.2) is 4.79 Å². The summed E-state index contributed by atoms with van der Waals surface area (Å²) in [6.45, 7) is 4.23. The lowest BCUT2D eigenvalue weighted by Gasteiger charge is -2.34. The van der Waals surface area contributed by atoms with Gasteiger partial charge in [-0.15, -0.1) is 0 Å². The van der Waals surface area contributed by atoms with Gasteiger partial charge in [0, 0.05) is 7.05 Å². The predicted molar refractivity (Wildman–Crippen MR) is 67.0 cm³/mol. The molecular formula is C12H23N3O2. The molecule has 2 N–H and O–H groups in total. The molecule has 1 atom stereocenters. The van der Waals surface area contributed by atoms with Gasteiger partial charge in [0.1, 0.15) is 0 Å². The highest BCUT2D eigenvalue weighted by atomic mass is 16.2. The van der Waals surface area contributed by atoms with Crippen molar-refractivity contribution >= 4 is 11.8 Å². The molecule has 2 amide bonds. The fraction of sp³-hybridized carbons (Fsp3) is 0.833. The minimum absolute atomic E-state index is 0.000793. The molecule has 17 heavy (non-hydrogen) atoms. The number of rotatable bonds is 5. The molecule has 0 aliphatic carbocycles. The molecule has 0 spiro atoms. The van der Waals surface area contributed by atoms with Crippen LogP contribution in [0.4, 0.5) is 4.79 Å². The summed E-state index contributed by atoms with van der Waals surface area (Å²) in [5.74, 6) is 0.127. The van der Waals surface area contributed by atoms with Crippen molar-refractivity contribution < 1.29 is 9.59 Å². The quantitative estimate of drug-likeness (QED) is 0.746. The van der Waals surface area contributed by atoms with E-state index < -0.39 is 0 Å². The topological polar surface area (TPSA) is 61.4 Å². The van der Waals surface area contributed by atoms with Crippen molar-refractivity contribution in [3.8, 4) is 0 Å². The fourth-order valence-electron chi connectivity index (χ4n) is 2.28. The van der Waals surface area contributed by atoms with Gasteiger partial charge in [-0.05, 0) is 32.4 Å². The first-order chi connectivity index (χ1) is 8.19. The summed E-state index contributed by atoms with van der Waals surface area (Å²) in [4.78, 5) is 25.3. The normalized spacial score (nSPS) is 20.9. The third-order valence-electron chi connectivity index (χ3n) is 3.15. The second-order valence-corrected chi connectivity index (χ2v) is 4.45. The molecule has 0 bridgehead atoms. The molecule has 5 heteroatoms. The monoisotopic (exact) mass is 241 g/mol. The molecule has 1 aliphatic heterocycles. The Kier molecular flexibility index (Phi) is 5.97. The van der Waals surface area contributed by atoms with Crippen LogP contribution in [-0.4, -0.2) is 49.4 Å². The molecule has 1 aliphatic rings. The highest BCUT2D eigenvalue weighted by Gasteiger charge is 2.27. The molecule has 1 rings (SSSR count). The van der Waals surface area contributed by atoms with E-state index in [1.54, 1.807) is 7.05 Å². The van der Waals surface area contributed by atoms with Crippen LogP contribution in [0.15, 0.2) is 0 Å². The molecule has 0 aromatic carbocycles. The van der Waals surface area contributed by atoms with E-state index in [0.29, 0.717) is 0 Å². The maximum Gasteiger partial charge on any atom is 0.314 e. The molecule has 1 unspecified atom stereocenters. The first-order valence-corrected chi connectivity index (χ1v) is 6.41. The zero-order chi connectivity index (χ0) is 12.7. The highest BCUT2D eigenvalue weighted by molar-refractivity contribution is 5.89. The number of amides is 2. The van der Waals surface area contributed by atoms with E-state index in [1.165, 1.54) is 6.42 Å². The van der Waals surface area contributed by atoms with Crippen LogP contribution in [-0.2, 0) is 4.79 Å². The second kappa shape index (κ2) is 7.27. The zero-order valence-electron chi connectivity index (χ0n) is 10.8. The van der Waals surface area contributed by atoms with Crippen LogP contribution >= 0.6 is 0 Å². The molecule has 5 nitrogen and oxygen atoms in total. The van der Waals surface area contributed by atoms with Gasteiger partial charge in [-0.2, -0.15) is 0 Å². The molecule has 1 heterocycles. The zero-order valence-corrected chi connectivity index (χ0v) is 10.8. The van der Waals surface area contributed by atoms with Crippen LogP contribution in [0.3, 0.4) is 0 Å². The van der Waals surface area contributed by atoms with E-state index in [1.807, 2.05) is 0 Å². The third-order valence-corrected chi connectivity index (χ3v) is 3.15. The molecule has 0 saturated carbocycles. The number of hydrogen-bond acceptors (Lipinski definition) is 3. The van der Waals surface area contributed by atoms with Crippen LogP contribution in [0.2, 0.25) is 0 Å². The van der Waals surface area contributed by atoms with Gasteiger partial charge in [0.15, 0.2) is 5.78 Å². The number of ketones is 1. The van der Waals surface area contributed by atoms with Gasteiger partial charge in [-0.1, -0.05) is 13.3 Å². The average molecular weight is 241 g/mol. The Balaban J connectivity index is 2.44. The van der Waals surface area contributed by atoms with Crippen LogP contribution in [0, 0.1) is 0 Å². The van der Waals surface area contributed by atoms with E-state index >= 15 is 0 Å². The summed E-state index contributed by atoms with van der Waals surface area (Å²) in [5.41, 5.74) is 0. The molecule has 0 aromatic heterocycles. The van der Waals surface area contributed by atoms with Crippen molar-refractivity contribution in [1.29, 1.82) is 0 Å². The van der Waals surface area contributed by atoms with Gasteiger partial charge >= 0.3 is 6.03 Å². The summed E-state index contributed by atoms with van der Waals surface area (Å²) in [5, 5.41) is 5.01. The van der Waals surface area contributed by atoms with E-state index in [0.717, 1.165) is 32.4 Å². The van der Waals surface area contributed by atoms with Crippen molar-refractivity contribution in [2.75, 3.05) is 26.7 Å². The number of hydrogen-bond donors (Lipinski definition) is 2. The number of carbonyl (C=O) groups is 2. The first-order valence-electron chi connectivity index (χ1n) is 6.41. The number of urea groups is 1. The summed E-state index contributed by atoms with van der Waals surface area (Å²) < 4.78 is 0. The lowest BCUT2D eigenvalue weighted by Crippen LogP contribution is -2.49. The summed E-state index contributed by atoms with van der Waals surface area (Å²) in [6, 6.07) is -0.294. The van der Waals surface area contributed by atoms with Gasteiger partial charge in [-0.3, -0.25) is 9.69 Å². The molecule has 98 valence electrons. The predicted octanol–water partition coefficient (Wildman–Crippen LogP) is 0.749. The average Bonchev–Trinajstić information content (AvgIpc) is 2.36. The second-order valence-electron chi connectivity index (χ2n) is 4.45. The Morgan fingerprint density at radius 1 is 1.35 bits per heavy atom. The number of likely N-dealkylation sites (tertiary alicyclic amines) is 1. The Hall–Kier alpha value is -1.10. The Labute approximate surface area is 103 Å². The number of nitrogens with zero attached hydrogens (tertiary/aromatic N) is 1. The lowest BCUT2D eigenvalue weighted by molar-refractivity contribution is -0.124. The highest BCUT2D eigenvalue weighted by Crippen LogP contribution is 2.17. The van der Waals surface area contributed by atoms with Crippen molar-refractivity contribution in [2.45, 2.75) is 38.6 Å². The lowest BCUT2D eigenvalue weighted by atomic mass is 9.98. The maximum absolute atomic E-state index is 12.0. The minimum atomic E-state index is -0.295. The molecule has 0 radical (unpaired) electrons. The van der Waals surface area contributed by atoms with Crippen LogP contribution in [0.5, 0.6) is 0 Å². The van der Waals surface area contributed by atoms with E-state index in [-0.39, 0.29) is 24.4 Å². The van der Waals surface area contributed by atoms with Crippen LogP contribution in [0.1, 0.15) is 32.6 Å². The molecular weight excluding hydrogens is 218 g/mol. The molecule has 0 aromatic rings. The van der Waals surface area contributed by atoms with Crippen molar-refractivity contribution in [1.82, 2.24) is 15.5 Å². The van der Waals surface area contributed by atoms with E-state index in [9.17, 15) is 9.59 Å². The van der Waals surface area contributed by atoms with Crippen molar-refractivity contribution in [3.63, 3.8) is 0 Å². The Morgan fingerprint density at radius 3 is 2.76 bits per heavy atom. The van der Waals surface area contributed by atoms with Crippen LogP contribution < -0.4 is 10.6 Å². The smallest absolute Gasteiger partial charge is 0.314 e. The van der Waals surface area contributed by atoms with Gasteiger partial charge in [0.05, 0.1) is 12.6 Å². The summed E-state index contributed by atoms with van der Waals surface area (Å²) in [7, 11) is 1.55. The van der Waals surface area contributed by atoms with Gasteiger partial charge in [0.25, 0.3) is 0 Å². The van der Waals surface area contributed by atoms with E-state index in [4.69, 9.17) is 0 Å².